The van der Waals surface area contributed by atoms with Gasteiger partial charge in [0, 0.05) is 88.0 Å². The molecule has 0 radical (unpaired) electrons. The third kappa shape index (κ3) is 30.0. The zero-order valence-corrected chi connectivity index (χ0v) is 63.4. The highest BCUT2D eigenvalue weighted by Gasteiger charge is 2.50. The zero-order valence-electron chi connectivity index (χ0n) is 54.9. The molecule has 4 unspecified atom stereocenters. The average molecular weight is 1610 g/mol. The number of aliphatic hydroxyl groups is 5. The largest absolute Gasteiger partial charge is 0.497 e. The molecule has 26 heteroatoms. The molecule has 1 heterocycles. The van der Waals surface area contributed by atoms with Crippen molar-refractivity contribution in [2.75, 3.05) is 47.3 Å². The second kappa shape index (κ2) is 47.6. The lowest BCUT2D eigenvalue weighted by molar-refractivity contribution is -0.145. The summed E-state index contributed by atoms with van der Waals surface area (Å²) in [6, 6.07) is 32.6. The van der Waals surface area contributed by atoms with Crippen LogP contribution in [0, 0.1) is 35.5 Å². The average Bonchev–Trinajstić information content (AvgIpc) is 1.67. The molecule has 8 rings (SSSR count). The normalized spacial score (nSPS) is 24.2. The number of carboxylic acid groups (broad SMARTS) is 2. The van der Waals surface area contributed by atoms with Gasteiger partial charge in [-0.3, -0.25) is 19.2 Å². The van der Waals surface area contributed by atoms with Crippen LogP contribution in [0.3, 0.4) is 0 Å². The minimum atomic E-state index is -0.785. The zero-order chi connectivity index (χ0) is 69.6. The standard InChI is InChI=1S/C28H36O6.C21H30O6.C16H20O5.C5H11Br3O2P4/c1-32-23-15-13-22(14-16-23)19-33-27-17-26(30)24(25(27)18-29)11-7-2-3-8-12-28(31)34-20-21-9-5-4-6-10-21;1-26-16-10-8-15(9-11-16)14-27-20-12-19(23)17(18(20)13-22)6-4-2-3-5-7-21(24)25;1-19-11-4-2-10(3-5-11)9-20-14-7-15-12(13(14)8-17)6-16(18)21-15;6-11-13(14(8)12-7)4-2-1-3-5(9)10/h2,4-7,9-10,13-16,24-27,29-30H,3,8,11-12,17-20H2,1H3;2,4,8-11,17-20,22-23H,3,5-7,12-14H2,1H3,(H,24,25);2-5,12-15,17H,6-9H2,1H3;11-12H,1-4H2,(H,9,10)/b7-2-;4-2-;;/t24-,25-,26+,27-;17-,18-,19+,20-;12-,13-,14-,15+;/m111./s1. The van der Waals surface area contributed by atoms with E-state index in [2.05, 4.69) is 46.5 Å². The van der Waals surface area contributed by atoms with Crippen LogP contribution in [0.4, 0.5) is 0 Å². The van der Waals surface area contributed by atoms with Gasteiger partial charge in [-0.1, -0.05) is 122 Å². The molecule has 4 aliphatic rings. The van der Waals surface area contributed by atoms with Gasteiger partial charge < -0.3 is 73.6 Å². The third-order valence-electron chi connectivity index (χ3n) is 17.4. The number of ether oxygens (including phenoxy) is 8. The number of esters is 2. The van der Waals surface area contributed by atoms with Crippen molar-refractivity contribution in [1.29, 1.82) is 0 Å². The number of unbranched alkanes of at least 4 members (excludes halogenated alkanes) is 3. The van der Waals surface area contributed by atoms with Crippen molar-refractivity contribution in [3.05, 3.63) is 150 Å². The van der Waals surface area contributed by atoms with Gasteiger partial charge in [-0.15, -0.1) is 0 Å². The molecule has 1 saturated heterocycles. The number of hydrogen-bond acceptors (Lipinski definition) is 17. The van der Waals surface area contributed by atoms with Crippen molar-refractivity contribution in [1.82, 2.24) is 0 Å². The molecule has 3 aliphatic carbocycles. The highest BCUT2D eigenvalue weighted by atomic mass is 79.9. The predicted octanol–water partition coefficient (Wildman–Crippen LogP) is 15.0. The van der Waals surface area contributed by atoms with E-state index in [9.17, 15) is 44.7 Å². The topological polar surface area (TPSA) is 284 Å². The van der Waals surface area contributed by atoms with E-state index in [4.69, 9.17) is 48.1 Å². The SMILES string of the molecule is COc1ccc(CO[C@@H]2C[C@@H]3OC(=O)C[C@@H]3[C@H]2CO)cc1.COc1ccc(CO[C@@H]2C[C@H](O)[C@H](C/C=C\CCCC(=O)O)[C@H]2CO)cc1.COc1ccc(CO[C@@H]2C[C@H](O)[C@H](C/C=C\CCCC(=O)OCc3ccccc3)[C@H]2CO)cc1.O=C(O)CCCCP(PBr)P(Br)PBr. The Hall–Kier alpha value is -3.52. The van der Waals surface area contributed by atoms with E-state index in [0.29, 0.717) is 97.1 Å². The Bertz CT molecular complexity index is 2890. The van der Waals surface area contributed by atoms with Gasteiger partial charge in [0.25, 0.3) is 0 Å². The molecule has 0 spiro atoms. The number of rotatable bonds is 37. The summed E-state index contributed by atoms with van der Waals surface area (Å²) < 4.78 is 44.0. The van der Waals surface area contributed by atoms with Gasteiger partial charge in [0.15, 0.2) is 0 Å². The summed E-state index contributed by atoms with van der Waals surface area (Å²) >= 11 is 10.8. The Kier molecular flexibility index (Phi) is 41.2. The minimum absolute atomic E-state index is 0.0142. The van der Waals surface area contributed by atoms with Gasteiger partial charge in [-0.25, -0.2) is 0 Å². The highest BCUT2D eigenvalue weighted by molar-refractivity contribution is 9.64. The van der Waals surface area contributed by atoms with Gasteiger partial charge in [0.1, 0.15) is 30.0 Å². The molecule has 0 aromatic heterocycles. The molecule has 4 aromatic rings. The fourth-order valence-electron chi connectivity index (χ4n) is 12.1. The van der Waals surface area contributed by atoms with E-state index in [-0.39, 0.29) is 111 Å². The Morgan fingerprint density at radius 2 is 0.969 bits per heavy atom. The Balaban J connectivity index is 0.000000242. The van der Waals surface area contributed by atoms with Crippen LogP contribution in [0.15, 0.2) is 127 Å². The van der Waals surface area contributed by atoms with Gasteiger partial charge >= 0.3 is 23.9 Å². The van der Waals surface area contributed by atoms with E-state index in [1.165, 1.54) is 6.16 Å². The first-order chi connectivity index (χ1) is 46.5. The van der Waals surface area contributed by atoms with Crippen LogP contribution in [-0.4, -0.2) is 144 Å². The number of fused-ring (bicyclic) bond motifs is 1. The number of carbonyl (C=O) groups excluding carboxylic acids is 2. The summed E-state index contributed by atoms with van der Waals surface area (Å²) in [7, 11) is 4.94. The molecule has 532 valence electrons. The predicted molar refractivity (Wildman–Crippen MR) is 390 cm³/mol. The molecule has 1 aliphatic heterocycles. The second-order valence-corrected chi connectivity index (χ2v) is 46.9. The number of halogens is 3. The summed E-state index contributed by atoms with van der Waals surface area (Å²) in [6.45, 7) is 3.28. The first-order valence-electron chi connectivity index (χ1n) is 32.5. The summed E-state index contributed by atoms with van der Waals surface area (Å²) in [4.78, 5) is 44.0. The highest BCUT2D eigenvalue weighted by Crippen LogP contribution is 2.93. The molecular formula is C70H97Br3O19P4. The van der Waals surface area contributed by atoms with Crippen molar-refractivity contribution >= 4 is 97.6 Å². The van der Waals surface area contributed by atoms with Gasteiger partial charge in [0.2, 0.25) is 0 Å². The molecule has 96 heavy (non-hydrogen) atoms. The van der Waals surface area contributed by atoms with Crippen molar-refractivity contribution in [3.63, 3.8) is 0 Å². The van der Waals surface area contributed by atoms with E-state index in [0.717, 1.165) is 72.7 Å². The monoisotopic (exact) mass is 1600 g/mol. The third-order valence-corrected chi connectivity index (χ3v) is 54.0. The number of methoxy groups -OCH3 is 3. The molecule has 7 N–H and O–H groups in total. The van der Waals surface area contributed by atoms with Crippen LogP contribution in [0.25, 0.3) is 0 Å². The lowest BCUT2D eigenvalue weighted by atomic mass is 9.91. The quantitative estimate of drug-likeness (QED) is 0.00956. The molecule has 19 nitrogen and oxygen atoms in total. The minimum Gasteiger partial charge on any atom is -0.497 e. The molecular weight excluding hydrogens is 1510 g/mol. The fraction of sp³-hybridized carbons (Fsp3) is 0.543. The van der Waals surface area contributed by atoms with E-state index < -0.39 is 24.1 Å². The first-order valence-corrected chi connectivity index (χ1v) is 46.3. The number of carboxylic acids is 2. The summed E-state index contributed by atoms with van der Waals surface area (Å²) in [5.74, 6) is 0.362. The van der Waals surface area contributed by atoms with Crippen LogP contribution in [-0.2, 0) is 69.3 Å². The first kappa shape index (κ1) is 83.1. The fourth-order valence-corrected chi connectivity index (χ4v) is 48.4. The van der Waals surface area contributed by atoms with E-state index in [1.54, 1.807) is 21.3 Å². The van der Waals surface area contributed by atoms with E-state index in [1.807, 2.05) is 127 Å². The Labute approximate surface area is 595 Å². The number of aliphatic carboxylic acids is 2. The Morgan fingerprint density at radius 1 is 0.542 bits per heavy atom. The lowest BCUT2D eigenvalue weighted by Crippen LogP contribution is -2.26. The van der Waals surface area contributed by atoms with Crippen molar-refractivity contribution < 1.29 is 92.8 Å². The smallest absolute Gasteiger partial charge is 0.306 e. The molecule has 0 bridgehead atoms. The maximum atomic E-state index is 11.9. The number of allylic oxidation sites excluding steroid dienone is 4. The van der Waals surface area contributed by atoms with Crippen LogP contribution in [0.2, 0.25) is 0 Å². The lowest BCUT2D eigenvalue weighted by Gasteiger charge is -2.23. The van der Waals surface area contributed by atoms with Gasteiger partial charge in [-0.05, 0) is 165 Å². The van der Waals surface area contributed by atoms with E-state index >= 15 is 0 Å². The number of aliphatic hydroxyl groups excluding tert-OH is 5. The van der Waals surface area contributed by atoms with Crippen molar-refractivity contribution in [3.8, 4) is 17.2 Å². The maximum absolute atomic E-state index is 11.9. The van der Waals surface area contributed by atoms with Crippen LogP contribution in [0.1, 0.15) is 119 Å². The number of carbonyl (C=O) groups is 4. The maximum Gasteiger partial charge on any atom is 0.306 e. The summed E-state index contributed by atoms with van der Waals surface area (Å²) in [5, 5.41) is 67.3. The second-order valence-electron chi connectivity index (χ2n) is 23.8. The Morgan fingerprint density at radius 3 is 1.39 bits per heavy atom. The number of hydrogen-bond donors (Lipinski definition) is 7. The van der Waals surface area contributed by atoms with Gasteiger partial charge in [-0.2, -0.15) is 0 Å². The molecule has 0 amide bonds. The molecule has 4 fully saturated rings. The van der Waals surface area contributed by atoms with Gasteiger partial charge in [0.05, 0.1) is 78.1 Å². The molecule has 16 atom stereocenters. The summed E-state index contributed by atoms with van der Waals surface area (Å²) in [6.07, 6.45) is 16.6. The number of benzene rings is 4. The van der Waals surface area contributed by atoms with Crippen molar-refractivity contribution in [2.45, 2.75) is 159 Å². The van der Waals surface area contributed by atoms with Crippen LogP contribution >= 0.6 is 73.7 Å². The molecule has 4 aromatic carbocycles. The van der Waals surface area contributed by atoms with Crippen LogP contribution in [0.5, 0.6) is 17.2 Å². The summed E-state index contributed by atoms with van der Waals surface area (Å²) in [5.41, 5.74) is 4.08. The van der Waals surface area contributed by atoms with Crippen molar-refractivity contribution in [2.24, 2.45) is 35.5 Å². The molecule has 3 saturated carbocycles. The van der Waals surface area contributed by atoms with Crippen LogP contribution < -0.4 is 14.2 Å².